The lowest BCUT2D eigenvalue weighted by Crippen LogP contribution is -2.83. The van der Waals surface area contributed by atoms with Crippen molar-refractivity contribution < 1.29 is 9.84 Å². The highest BCUT2D eigenvalue weighted by atomic mass is 16.5. The van der Waals surface area contributed by atoms with Crippen molar-refractivity contribution in [3.05, 3.63) is 83.7 Å². The molecular formula is C23H24N3O+. The van der Waals surface area contributed by atoms with E-state index in [1.807, 2.05) is 0 Å². The lowest BCUT2D eigenvalue weighted by molar-refractivity contribution is -0.709. The van der Waals surface area contributed by atoms with Gasteiger partial charge in [0, 0.05) is 11.1 Å². The van der Waals surface area contributed by atoms with Crippen LogP contribution in [0, 0.1) is 0 Å². The van der Waals surface area contributed by atoms with Gasteiger partial charge < -0.3 is 9.84 Å². The van der Waals surface area contributed by atoms with Gasteiger partial charge in [-0.15, -0.1) is 0 Å². The monoisotopic (exact) mass is 358 g/mol. The Morgan fingerprint density at radius 1 is 0.963 bits per heavy atom. The van der Waals surface area contributed by atoms with Crippen molar-refractivity contribution in [3.63, 3.8) is 0 Å². The molecule has 0 spiro atoms. The summed E-state index contributed by atoms with van der Waals surface area (Å²) in [6.07, 6.45) is 1.03. The van der Waals surface area contributed by atoms with Crippen LogP contribution in [0.25, 0.3) is 22.2 Å². The van der Waals surface area contributed by atoms with E-state index in [0.29, 0.717) is 24.3 Å². The van der Waals surface area contributed by atoms with Gasteiger partial charge in [-0.1, -0.05) is 78.8 Å². The number of quaternary nitrogens is 1. The van der Waals surface area contributed by atoms with Gasteiger partial charge in [0.25, 0.3) is 5.89 Å². The predicted octanol–water partition coefficient (Wildman–Crippen LogP) is 4.28. The van der Waals surface area contributed by atoms with Crippen molar-refractivity contribution in [1.82, 2.24) is 10.1 Å². The zero-order valence-corrected chi connectivity index (χ0v) is 15.7. The third-order valence-corrected chi connectivity index (χ3v) is 5.05. The van der Waals surface area contributed by atoms with Gasteiger partial charge in [-0.05, 0) is 29.7 Å². The molecule has 4 nitrogen and oxygen atoms in total. The molecule has 0 bridgehead atoms. The van der Waals surface area contributed by atoms with Gasteiger partial charge in [0.15, 0.2) is 6.54 Å². The van der Waals surface area contributed by atoms with Crippen LogP contribution >= 0.6 is 0 Å². The fourth-order valence-electron chi connectivity index (χ4n) is 3.40. The number of benzene rings is 3. The van der Waals surface area contributed by atoms with Crippen LogP contribution in [0.2, 0.25) is 0 Å². The summed E-state index contributed by atoms with van der Waals surface area (Å²) in [7, 11) is 0. The summed E-state index contributed by atoms with van der Waals surface area (Å²) in [6, 6.07) is 23.6. The second kappa shape index (κ2) is 7.72. The number of nitrogens with two attached hydrogens (primary N) is 1. The first kappa shape index (κ1) is 17.4. The average molecular weight is 358 g/mol. The Hall–Kier alpha value is -2.98. The van der Waals surface area contributed by atoms with Crippen molar-refractivity contribution in [3.8, 4) is 11.4 Å². The van der Waals surface area contributed by atoms with E-state index >= 15 is 0 Å². The maximum Gasteiger partial charge on any atom is 0.282 e. The van der Waals surface area contributed by atoms with Gasteiger partial charge >= 0.3 is 0 Å². The summed E-state index contributed by atoms with van der Waals surface area (Å²) in [4.78, 5) is 4.55. The van der Waals surface area contributed by atoms with Gasteiger partial charge in [0.1, 0.15) is 6.04 Å². The summed E-state index contributed by atoms with van der Waals surface area (Å²) in [6.45, 7) is 5.02. The fraction of sp³-hybridized carbons (Fsp3) is 0.217. The maximum absolute atomic E-state index is 5.46. The molecule has 1 aromatic heterocycles. The molecule has 27 heavy (non-hydrogen) atoms. The molecule has 4 heteroatoms. The molecule has 0 saturated heterocycles. The average Bonchev–Trinajstić information content (AvgIpc) is 3.20. The molecule has 136 valence electrons. The molecule has 0 aliphatic rings. The van der Waals surface area contributed by atoms with E-state index in [2.05, 4.69) is 96.0 Å². The summed E-state index contributed by atoms with van der Waals surface area (Å²) >= 11 is 0. The molecule has 0 radical (unpaired) electrons. The van der Waals surface area contributed by atoms with E-state index in [0.717, 1.165) is 12.0 Å². The third-order valence-electron chi connectivity index (χ3n) is 5.05. The first-order valence-corrected chi connectivity index (χ1v) is 9.47. The number of rotatable bonds is 6. The number of hydrogen-bond donors (Lipinski definition) is 1. The van der Waals surface area contributed by atoms with Crippen LogP contribution < -0.4 is 5.32 Å². The lowest BCUT2D eigenvalue weighted by Gasteiger charge is -2.12. The molecule has 0 saturated carbocycles. The molecule has 1 heterocycles. The lowest BCUT2D eigenvalue weighted by atomic mass is 10.00. The second-order valence-electron chi connectivity index (χ2n) is 6.86. The Morgan fingerprint density at radius 2 is 1.74 bits per heavy atom. The largest absolute Gasteiger partial charge is 0.333 e. The summed E-state index contributed by atoms with van der Waals surface area (Å²) in [5.41, 5.74) is 3.62. The molecule has 0 unspecified atom stereocenters. The van der Waals surface area contributed by atoms with Crippen molar-refractivity contribution in [2.75, 3.05) is 0 Å². The van der Waals surface area contributed by atoms with Crippen LogP contribution in [-0.4, -0.2) is 10.1 Å². The first-order valence-electron chi connectivity index (χ1n) is 9.47. The van der Waals surface area contributed by atoms with Gasteiger partial charge in [-0.3, -0.25) is 0 Å². The maximum atomic E-state index is 5.46. The van der Waals surface area contributed by atoms with E-state index < -0.39 is 0 Å². The Kier molecular flexibility index (Phi) is 4.99. The van der Waals surface area contributed by atoms with Gasteiger partial charge in [0.2, 0.25) is 5.82 Å². The molecule has 0 aliphatic carbocycles. The highest BCUT2D eigenvalue weighted by molar-refractivity contribution is 5.85. The topological polar surface area (TPSA) is 55.5 Å². The smallest absolute Gasteiger partial charge is 0.282 e. The zero-order valence-electron chi connectivity index (χ0n) is 15.7. The van der Waals surface area contributed by atoms with Crippen LogP contribution in [-0.2, 0) is 13.0 Å². The number of nitrogens with zero attached hydrogens (tertiary/aromatic N) is 2. The Morgan fingerprint density at radius 3 is 2.56 bits per heavy atom. The standard InChI is InChI=1S/C23H23N3O/c1-3-17-11-13-19(14-12-17)23-25-22(27-26-23)15-24-16(2)20-10-6-8-18-7-4-5-9-21(18)20/h4-14,16,24H,3,15H2,1-2H3/p+1/t16-/m1/s1. The number of fused-ring (bicyclic) bond motifs is 1. The normalized spacial score (nSPS) is 12.4. The number of aromatic nitrogens is 2. The van der Waals surface area contributed by atoms with E-state index in [4.69, 9.17) is 4.52 Å². The minimum absolute atomic E-state index is 0.301. The molecule has 2 N–H and O–H groups in total. The van der Waals surface area contributed by atoms with Crippen LogP contribution in [0.5, 0.6) is 0 Å². The van der Waals surface area contributed by atoms with Crippen molar-refractivity contribution in [2.24, 2.45) is 0 Å². The Balaban J connectivity index is 1.46. The first-order chi connectivity index (χ1) is 13.2. The third kappa shape index (κ3) is 3.76. The van der Waals surface area contributed by atoms with Crippen molar-refractivity contribution in [2.45, 2.75) is 32.9 Å². The van der Waals surface area contributed by atoms with E-state index in [1.165, 1.54) is 21.9 Å². The van der Waals surface area contributed by atoms with E-state index in [-0.39, 0.29) is 0 Å². The van der Waals surface area contributed by atoms with Crippen LogP contribution in [0.15, 0.2) is 71.3 Å². The van der Waals surface area contributed by atoms with E-state index in [9.17, 15) is 0 Å². The Bertz CT molecular complexity index is 1030. The van der Waals surface area contributed by atoms with Crippen molar-refractivity contribution >= 4 is 10.8 Å². The summed E-state index contributed by atoms with van der Waals surface area (Å²) in [5.74, 6) is 1.30. The zero-order chi connectivity index (χ0) is 18.6. The quantitative estimate of drug-likeness (QED) is 0.560. The SMILES string of the molecule is CCc1ccc(-c2noc(C[NH2+][C@H](C)c3cccc4ccccc34)n2)cc1. The van der Waals surface area contributed by atoms with Crippen LogP contribution in [0.3, 0.4) is 0 Å². The molecular weight excluding hydrogens is 334 g/mol. The molecule has 0 aliphatic heterocycles. The highest BCUT2D eigenvalue weighted by Gasteiger charge is 2.15. The molecule has 3 aromatic carbocycles. The minimum atomic E-state index is 0.301. The van der Waals surface area contributed by atoms with Crippen molar-refractivity contribution in [1.29, 1.82) is 0 Å². The van der Waals surface area contributed by atoms with Gasteiger partial charge in [0.05, 0.1) is 0 Å². The van der Waals surface area contributed by atoms with Crippen LogP contribution in [0.1, 0.15) is 36.9 Å². The summed E-state index contributed by atoms with van der Waals surface area (Å²) in [5, 5.41) is 8.94. The fourth-order valence-corrected chi connectivity index (χ4v) is 3.40. The Labute approximate surface area is 159 Å². The minimum Gasteiger partial charge on any atom is -0.333 e. The molecule has 0 fully saturated rings. The van der Waals surface area contributed by atoms with E-state index in [1.54, 1.807) is 0 Å². The summed E-state index contributed by atoms with van der Waals surface area (Å²) < 4.78 is 5.46. The highest BCUT2D eigenvalue weighted by Crippen LogP contribution is 2.22. The predicted molar refractivity (Wildman–Crippen MR) is 107 cm³/mol. The van der Waals surface area contributed by atoms with Gasteiger partial charge in [-0.25, -0.2) is 0 Å². The number of hydrogen-bond acceptors (Lipinski definition) is 3. The number of aryl methyl sites for hydroxylation is 1. The van der Waals surface area contributed by atoms with Crippen LogP contribution in [0.4, 0.5) is 0 Å². The molecule has 1 atom stereocenters. The molecule has 4 aromatic rings. The second-order valence-corrected chi connectivity index (χ2v) is 6.86. The molecule has 4 rings (SSSR count). The molecule has 0 amide bonds. The van der Waals surface area contributed by atoms with Gasteiger partial charge in [-0.2, -0.15) is 4.98 Å².